The van der Waals surface area contributed by atoms with Gasteiger partial charge in [-0.05, 0) is 40.6 Å². The van der Waals surface area contributed by atoms with E-state index in [0.717, 1.165) is 31.3 Å². The Hall–Kier alpha value is -1.14. The van der Waals surface area contributed by atoms with E-state index in [0.29, 0.717) is 0 Å². The summed E-state index contributed by atoms with van der Waals surface area (Å²) in [5, 5.41) is 2.94. The summed E-state index contributed by atoms with van der Waals surface area (Å²) in [5.74, 6) is 0.0960. The number of halogens is 1. The highest BCUT2D eigenvalue weighted by atomic mass is 127. The number of rotatable bonds is 3. The molecule has 0 aliphatic heterocycles. The number of hydrogen-bond donors (Lipinski definition) is 1. The molecular weight excluding hydrogens is 369 g/mol. The van der Waals surface area contributed by atoms with Gasteiger partial charge in [-0.25, -0.2) is 0 Å². The first-order chi connectivity index (χ1) is 9.20. The number of H-pyrrole nitrogens is 1. The molecule has 0 aliphatic carbocycles. The molecule has 1 aromatic carbocycles. The molecule has 0 spiro atoms. The third-order valence-corrected chi connectivity index (χ3v) is 5.05. The van der Waals surface area contributed by atoms with Gasteiger partial charge in [-0.2, -0.15) is 0 Å². The molecule has 3 aromatic rings. The van der Waals surface area contributed by atoms with E-state index in [1.54, 1.807) is 11.3 Å². The Morgan fingerprint density at radius 2 is 2.26 bits per heavy atom. The summed E-state index contributed by atoms with van der Waals surface area (Å²) >= 11 is 3.84. The van der Waals surface area contributed by atoms with Gasteiger partial charge in [0.15, 0.2) is 5.78 Å². The summed E-state index contributed by atoms with van der Waals surface area (Å²) in [6, 6.07) is 8.06. The highest BCUT2D eigenvalue weighted by Crippen LogP contribution is 2.26. The van der Waals surface area contributed by atoms with Gasteiger partial charge in [0.2, 0.25) is 0 Å². The van der Waals surface area contributed by atoms with E-state index in [1.165, 1.54) is 5.56 Å². The molecular formula is C15H12INOS. The van der Waals surface area contributed by atoms with Gasteiger partial charge in [0.05, 0.1) is 2.88 Å². The van der Waals surface area contributed by atoms with Crippen molar-refractivity contribution in [3.63, 3.8) is 0 Å². The Kier molecular flexibility index (Phi) is 3.45. The van der Waals surface area contributed by atoms with Crippen LogP contribution in [0.3, 0.4) is 0 Å². The lowest BCUT2D eigenvalue weighted by Gasteiger charge is -2.00. The highest BCUT2D eigenvalue weighted by molar-refractivity contribution is 14.1. The number of aryl methyl sites for hydroxylation is 1. The average Bonchev–Trinajstić information content (AvgIpc) is 3.03. The number of para-hydroxylation sites is 1. The lowest BCUT2D eigenvalue weighted by Crippen LogP contribution is -1.98. The second-order valence-electron chi connectivity index (χ2n) is 4.36. The van der Waals surface area contributed by atoms with E-state index in [-0.39, 0.29) is 5.78 Å². The van der Waals surface area contributed by atoms with Crippen LogP contribution in [-0.2, 0) is 6.42 Å². The smallest absolute Gasteiger partial charge is 0.196 e. The molecule has 2 heterocycles. The summed E-state index contributed by atoms with van der Waals surface area (Å²) in [6.45, 7) is 2.12. The zero-order valence-electron chi connectivity index (χ0n) is 10.4. The van der Waals surface area contributed by atoms with E-state index in [4.69, 9.17) is 0 Å². The first-order valence-corrected chi connectivity index (χ1v) is 8.04. The van der Waals surface area contributed by atoms with Crippen LogP contribution < -0.4 is 0 Å². The first-order valence-electron chi connectivity index (χ1n) is 6.08. The number of carbonyl (C=O) groups is 1. The molecule has 0 radical (unpaired) electrons. The minimum atomic E-state index is 0.0960. The number of hydrogen-bond acceptors (Lipinski definition) is 2. The molecule has 2 aromatic heterocycles. The number of nitrogens with one attached hydrogen (secondary N) is 1. The molecule has 0 atom stereocenters. The molecule has 0 saturated heterocycles. The molecule has 19 heavy (non-hydrogen) atoms. The largest absolute Gasteiger partial charge is 0.360 e. The van der Waals surface area contributed by atoms with Crippen molar-refractivity contribution >= 4 is 50.6 Å². The third-order valence-electron chi connectivity index (χ3n) is 3.26. The van der Waals surface area contributed by atoms with Gasteiger partial charge in [0, 0.05) is 33.6 Å². The van der Waals surface area contributed by atoms with Crippen molar-refractivity contribution in [1.29, 1.82) is 0 Å². The lowest BCUT2D eigenvalue weighted by molar-refractivity contribution is 0.104. The Balaban J connectivity index is 2.13. The second-order valence-corrected chi connectivity index (χ2v) is 7.17. The summed E-state index contributed by atoms with van der Waals surface area (Å²) < 4.78 is 1.13. The van der Waals surface area contributed by atoms with Crippen LogP contribution in [0.5, 0.6) is 0 Å². The van der Waals surface area contributed by atoms with Crippen LogP contribution in [0.4, 0.5) is 0 Å². The van der Waals surface area contributed by atoms with Crippen molar-refractivity contribution in [2.45, 2.75) is 13.3 Å². The number of thiophene rings is 1. The quantitative estimate of drug-likeness (QED) is 0.521. The van der Waals surface area contributed by atoms with E-state index in [1.807, 2.05) is 29.8 Å². The fraction of sp³-hybridized carbons (Fsp3) is 0.133. The van der Waals surface area contributed by atoms with Gasteiger partial charge in [0.25, 0.3) is 0 Å². The van der Waals surface area contributed by atoms with Crippen molar-refractivity contribution in [1.82, 2.24) is 4.98 Å². The van der Waals surface area contributed by atoms with E-state index < -0.39 is 0 Å². The minimum absolute atomic E-state index is 0.0960. The third kappa shape index (κ3) is 2.23. The molecule has 0 unspecified atom stereocenters. The summed E-state index contributed by atoms with van der Waals surface area (Å²) in [6.07, 6.45) is 2.79. The summed E-state index contributed by atoms with van der Waals surface area (Å²) in [7, 11) is 0. The number of ketones is 1. The summed E-state index contributed by atoms with van der Waals surface area (Å²) in [4.78, 5) is 15.8. The standard InChI is InChI=1S/C15H12INOS/c1-2-9-4-3-5-11-12(7-17-14(9)11)15(18)10-6-13(16)19-8-10/h3-8,17H,2H2,1H3. The maximum absolute atomic E-state index is 12.5. The van der Waals surface area contributed by atoms with Crippen LogP contribution >= 0.6 is 33.9 Å². The Bertz CT molecular complexity index is 756. The molecule has 0 bridgehead atoms. The van der Waals surface area contributed by atoms with E-state index in [9.17, 15) is 4.79 Å². The van der Waals surface area contributed by atoms with Crippen molar-refractivity contribution < 1.29 is 4.79 Å². The highest BCUT2D eigenvalue weighted by Gasteiger charge is 2.16. The van der Waals surface area contributed by atoms with Crippen molar-refractivity contribution in [3.05, 3.63) is 55.4 Å². The molecule has 0 saturated carbocycles. The number of benzene rings is 1. The Morgan fingerprint density at radius 1 is 1.42 bits per heavy atom. The van der Waals surface area contributed by atoms with Crippen LogP contribution in [0, 0.1) is 2.88 Å². The predicted molar refractivity (Wildman–Crippen MR) is 88.1 cm³/mol. The molecule has 0 amide bonds. The van der Waals surface area contributed by atoms with Crippen LogP contribution in [0.1, 0.15) is 28.4 Å². The molecule has 2 nitrogen and oxygen atoms in total. The van der Waals surface area contributed by atoms with Gasteiger partial charge in [0.1, 0.15) is 0 Å². The molecule has 3 rings (SSSR count). The fourth-order valence-electron chi connectivity index (χ4n) is 2.28. The van der Waals surface area contributed by atoms with Gasteiger partial charge < -0.3 is 4.98 Å². The Morgan fingerprint density at radius 3 is 2.95 bits per heavy atom. The number of carbonyl (C=O) groups excluding carboxylic acids is 1. The van der Waals surface area contributed by atoms with Crippen LogP contribution in [0.2, 0.25) is 0 Å². The minimum Gasteiger partial charge on any atom is -0.360 e. The molecule has 0 aliphatic rings. The van der Waals surface area contributed by atoms with Gasteiger partial charge in [-0.3, -0.25) is 4.79 Å². The molecule has 96 valence electrons. The van der Waals surface area contributed by atoms with Gasteiger partial charge >= 0.3 is 0 Å². The van der Waals surface area contributed by atoms with E-state index in [2.05, 4.69) is 40.6 Å². The zero-order chi connectivity index (χ0) is 13.4. The van der Waals surface area contributed by atoms with Crippen LogP contribution in [0.15, 0.2) is 35.8 Å². The molecule has 1 N–H and O–H groups in total. The zero-order valence-corrected chi connectivity index (χ0v) is 13.3. The maximum Gasteiger partial charge on any atom is 0.196 e. The summed E-state index contributed by atoms with van der Waals surface area (Å²) in [5.41, 5.74) is 3.87. The number of fused-ring (bicyclic) bond motifs is 1. The monoisotopic (exact) mass is 381 g/mol. The topological polar surface area (TPSA) is 32.9 Å². The lowest BCUT2D eigenvalue weighted by atomic mass is 10.0. The first kappa shape index (κ1) is 12.9. The number of aromatic amines is 1. The Labute approximate surface area is 129 Å². The average molecular weight is 381 g/mol. The molecule has 0 fully saturated rings. The van der Waals surface area contributed by atoms with Crippen molar-refractivity contribution in [2.75, 3.05) is 0 Å². The van der Waals surface area contributed by atoms with Crippen molar-refractivity contribution in [3.8, 4) is 0 Å². The van der Waals surface area contributed by atoms with Crippen LogP contribution in [-0.4, -0.2) is 10.8 Å². The molecule has 4 heteroatoms. The SMILES string of the molecule is CCc1cccc2c(C(=O)c3csc(I)c3)c[nH]c12. The fourth-order valence-corrected chi connectivity index (χ4v) is 3.61. The normalized spacial score (nSPS) is 11.1. The van der Waals surface area contributed by atoms with E-state index >= 15 is 0 Å². The van der Waals surface area contributed by atoms with Crippen LogP contribution in [0.25, 0.3) is 10.9 Å². The number of aromatic nitrogens is 1. The predicted octanol–water partition coefficient (Wildman–Crippen LogP) is 4.63. The van der Waals surface area contributed by atoms with Gasteiger partial charge in [-0.15, -0.1) is 11.3 Å². The van der Waals surface area contributed by atoms with Gasteiger partial charge in [-0.1, -0.05) is 25.1 Å². The van der Waals surface area contributed by atoms with Crippen molar-refractivity contribution in [2.24, 2.45) is 0 Å². The second kappa shape index (κ2) is 5.09. The maximum atomic E-state index is 12.5.